The molecule has 0 amide bonds. The second kappa shape index (κ2) is 4.35. The molecule has 1 aliphatic rings. The monoisotopic (exact) mass is 212 g/mol. The standard InChI is InChI=1S/C11H17ClN2/c1-14-6-5-13-11(14)8-9-3-2-4-10(12)7-9/h5-6,9-10H,2-4,7-8H2,1H3. The molecular weight excluding hydrogens is 196 g/mol. The van der Waals surface area contributed by atoms with Gasteiger partial charge in [-0.25, -0.2) is 4.98 Å². The number of nitrogens with zero attached hydrogens (tertiary/aromatic N) is 2. The van der Waals surface area contributed by atoms with Gasteiger partial charge in [0.05, 0.1) is 0 Å². The van der Waals surface area contributed by atoms with Crippen LogP contribution in [0.4, 0.5) is 0 Å². The van der Waals surface area contributed by atoms with Crippen molar-refractivity contribution >= 4 is 11.6 Å². The van der Waals surface area contributed by atoms with E-state index >= 15 is 0 Å². The van der Waals surface area contributed by atoms with Crippen LogP contribution in [0.2, 0.25) is 0 Å². The molecule has 2 atom stereocenters. The third kappa shape index (κ3) is 2.30. The fraction of sp³-hybridized carbons (Fsp3) is 0.727. The molecule has 0 N–H and O–H groups in total. The third-order valence-electron chi connectivity index (χ3n) is 3.11. The molecule has 0 bridgehead atoms. The lowest BCUT2D eigenvalue weighted by Crippen LogP contribution is -2.18. The fourth-order valence-electron chi connectivity index (χ4n) is 2.26. The summed E-state index contributed by atoms with van der Waals surface area (Å²) >= 11 is 6.16. The first-order valence-corrected chi connectivity index (χ1v) is 5.79. The smallest absolute Gasteiger partial charge is 0.108 e. The summed E-state index contributed by atoms with van der Waals surface area (Å²) in [6, 6.07) is 0. The summed E-state index contributed by atoms with van der Waals surface area (Å²) in [5, 5.41) is 0.397. The summed E-state index contributed by atoms with van der Waals surface area (Å²) in [4.78, 5) is 4.35. The summed E-state index contributed by atoms with van der Waals surface area (Å²) in [7, 11) is 2.06. The number of aromatic nitrogens is 2. The lowest BCUT2D eigenvalue weighted by atomic mass is 9.86. The Bertz CT molecular complexity index is 295. The van der Waals surface area contributed by atoms with E-state index in [2.05, 4.69) is 16.6 Å². The molecule has 1 aromatic heterocycles. The molecule has 1 fully saturated rings. The minimum atomic E-state index is 0.397. The highest BCUT2D eigenvalue weighted by Gasteiger charge is 2.21. The predicted octanol–water partition coefficient (Wildman–Crippen LogP) is 2.76. The van der Waals surface area contributed by atoms with Gasteiger partial charge in [0.1, 0.15) is 5.82 Å². The second-order valence-corrected chi connectivity index (χ2v) is 4.91. The highest BCUT2D eigenvalue weighted by atomic mass is 35.5. The summed E-state index contributed by atoms with van der Waals surface area (Å²) < 4.78 is 2.11. The van der Waals surface area contributed by atoms with Gasteiger partial charge < -0.3 is 4.57 Å². The van der Waals surface area contributed by atoms with Gasteiger partial charge in [-0.3, -0.25) is 0 Å². The molecule has 2 unspecified atom stereocenters. The van der Waals surface area contributed by atoms with Gasteiger partial charge in [-0.05, 0) is 25.2 Å². The molecule has 2 nitrogen and oxygen atoms in total. The van der Waals surface area contributed by atoms with Gasteiger partial charge in [-0.2, -0.15) is 0 Å². The highest BCUT2D eigenvalue weighted by molar-refractivity contribution is 6.20. The lowest BCUT2D eigenvalue weighted by molar-refractivity contribution is 0.354. The highest BCUT2D eigenvalue weighted by Crippen LogP contribution is 2.29. The molecule has 0 aliphatic heterocycles. The summed E-state index contributed by atoms with van der Waals surface area (Å²) in [5.41, 5.74) is 0. The first kappa shape index (κ1) is 10.0. The summed E-state index contributed by atoms with van der Waals surface area (Å²) in [5.74, 6) is 1.94. The van der Waals surface area contributed by atoms with Crippen LogP contribution < -0.4 is 0 Å². The molecule has 0 radical (unpaired) electrons. The minimum Gasteiger partial charge on any atom is -0.338 e. The Balaban J connectivity index is 1.94. The number of aryl methyl sites for hydroxylation is 1. The van der Waals surface area contributed by atoms with E-state index in [1.165, 1.54) is 25.1 Å². The molecule has 2 rings (SSSR count). The number of rotatable bonds is 2. The Hall–Kier alpha value is -0.500. The number of halogens is 1. The van der Waals surface area contributed by atoms with Gasteiger partial charge in [0, 0.05) is 31.2 Å². The Morgan fingerprint density at radius 3 is 3.07 bits per heavy atom. The van der Waals surface area contributed by atoms with Gasteiger partial charge >= 0.3 is 0 Å². The van der Waals surface area contributed by atoms with E-state index in [-0.39, 0.29) is 0 Å². The summed E-state index contributed by atoms with van der Waals surface area (Å²) in [6.45, 7) is 0. The molecular formula is C11H17ClN2. The van der Waals surface area contributed by atoms with E-state index in [9.17, 15) is 0 Å². The van der Waals surface area contributed by atoms with Crippen molar-refractivity contribution in [1.82, 2.24) is 9.55 Å². The van der Waals surface area contributed by atoms with Gasteiger partial charge in [0.2, 0.25) is 0 Å². The molecule has 1 aromatic rings. The van der Waals surface area contributed by atoms with Crippen LogP contribution >= 0.6 is 11.6 Å². The SMILES string of the molecule is Cn1ccnc1CC1CCCC(Cl)C1. The lowest BCUT2D eigenvalue weighted by Gasteiger charge is -2.24. The zero-order valence-electron chi connectivity index (χ0n) is 8.62. The average molecular weight is 213 g/mol. The zero-order valence-corrected chi connectivity index (χ0v) is 9.37. The predicted molar refractivity (Wildman–Crippen MR) is 58.5 cm³/mol. The average Bonchev–Trinajstić information content (AvgIpc) is 2.52. The third-order valence-corrected chi connectivity index (χ3v) is 3.51. The van der Waals surface area contributed by atoms with E-state index in [0.29, 0.717) is 5.38 Å². The van der Waals surface area contributed by atoms with Crippen molar-refractivity contribution in [3.05, 3.63) is 18.2 Å². The molecule has 78 valence electrons. The van der Waals surface area contributed by atoms with Crippen molar-refractivity contribution in [3.8, 4) is 0 Å². The Morgan fingerprint density at radius 2 is 2.43 bits per heavy atom. The van der Waals surface area contributed by atoms with Crippen LogP contribution in [0.25, 0.3) is 0 Å². The molecule has 0 spiro atoms. The first-order chi connectivity index (χ1) is 6.75. The van der Waals surface area contributed by atoms with E-state index < -0.39 is 0 Å². The van der Waals surface area contributed by atoms with Crippen LogP contribution in [0.3, 0.4) is 0 Å². The van der Waals surface area contributed by atoms with Crippen LogP contribution in [0.1, 0.15) is 31.5 Å². The van der Waals surface area contributed by atoms with Crippen molar-refractivity contribution in [2.24, 2.45) is 13.0 Å². The fourth-order valence-corrected chi connectivity index (χ4v) is 2.67. The summed E-state index contributed by atoms with van der Waals surface area (Å²) in [6.07, 6.45) is 9.92. The first-order valence-electron chi connectivity index (χ1n) is 5.36. The van der Waals surface area contributed by atoms with Crippen molar-refractivity contribution in [2.75, 3.05) is 0 Å². The van der Waals surface area contributed by atoms with Gasteiger partial charge in [0.15, 0.2) is 0 Å². The van der Waals surface area contributed by atoms with Gasteiger partial charge in [0.25, 0.3) is 0 Å². The van der Waals surface area contributed by atoms with Gasteiger partial charge in [-0.1, -0.05) is 6.42 Å². The molecule has 1 saturated carbocycles. The van der Waals surface area contributed by atoms with E-state index in [0.717, 1.165) is 18.8 Å². The Labute approximate surface area is 90.3 Å². The molecule has 1 aliphatic carbocycles. The molecule has 0 aromatic carbocycles. The van der Waals surface area contributed by atoms with Crippen molar-refractivity contribution in [3.63, 3.8) is 0 Å². The molecule has 0 saturated heterocycles. The van der Waals surface area contributed by atoms with Crippen molar-refractivity contribution < 1.29 is 0 Å². The number of imidazole rings is 1. The quantitative estimate of drug-likeness (QED) is 0.690. The van der Waals surface area contributed by atoms with Crippen LogP contribution in [0.15, 0.2) is 12.4 Å². The Kier molecular flexibility index (Phi) is 3.12. The van der Waals surface area contributed by atoms with Crippen LogP contribution in [-0.2, 0) is 13.5 Å². The molecule has 1 heterocycles. The zero-order chi connectivity index (χ0) is 9.97. The Morgan fingerprint density at radius 1 is 1.57 bits per heavy atom. The number of alkyl halides is 1. The van der Waals surface area contributed by atoms with Crippen molar-refractivity contribution in [2.45, 2.75) is 37.5 Å². The number of hydrogen-bond acceptors (Lipinski definition) is 1. The second-order valence-electron chi connectivity index (χ2n) is 4.29. The normalized spacial score (nSPS) is 27.9. The van der Waals surface area contributed by atoms with E-state index in [1.807, 2.05) is 12.4 Å². The molecule has 14 heavy (non-hydrogen) atoms. The molecule has 3 heteroatoms. The van der Waals surface area contributed by atoms with E-state index in [4.69, 9.17) is 11.6 Å². The van der Waals surface area contributed by atoms with Crippen LogP contribution in [0.5, 0.6) is 0 Å². The minimum absolute atomic E-state index is 0.397. The van der Waals surface area contributed by atoms with Crippen LogP contribution in [0, 0.1) is 5.92 Å². The van der Waals surface area contributed by atoms with Gasteiger partial charge in [-0.15, -0.1) is 11.6 Å². The van der Waals surface area contributed by atoms with Crippen LogP contribution in [-0.4, -0.2) is 14.9 Å². The van der Waals surface area contributed by atoms with Crippen molar-refractivity contribution in [1.29, 1.82) is 0 Å². The van der Waals surface area contributed by atoms with E-state index in [1.54, 1.807) is 0 Å². The maximum absolute atomic E-state index is 6.16. The number of hydrogen-bond donors (Lipinski definition) is 0. The maximum Gasteiger partial charge on any atom is 0.108 e. The topological polar surface area (TPSA) is 17.8 Å². The maximum atomic E-state index is 6.16. The largest absolute Gasteiger partial charge is 0.338 e.